The van der Waals surface area contributed by atoms with Gasteiger partial charge in [-0.2, -0.15) is 0 Å². The number of nitrogens with one attached hydrogen (secondary N) is 2. The molecule has 1 aromatic carbocycles. The Hall–Kier alpha value is -1.67. The quantitative estimate of drug-likeness (QED) is 0.520. The monoisotopic (exact) mass is 424 g/mol. The van der Waals surface area contributed by atoms with E-state index in [-0.39, 0.29) is 17.2 Å². The van der Waals surface area contributed by atoms with Gasteiger partial charge in [-0.3, -0.25) is 4.99 Å². The lowest BCUT2D eigenvalue weighted by Gasteiger charge is -2.36. The standard InChI is InChI=1S/C21H33FN4O2S/c1-2-23-21(24-13-16-29(27,28)20-10-6-5-9-19(20)22)25-17-11-14-26(15-12-17)18-7-3-4-8-18/h5-6,9-10,17-18H,2-4,7-8,11-16H2,1H3,(H2,23,24,25). The minimum Gasteiger partial charge on any atom is -0.357 e. The first-order chi connectivity index (χ1) is 14.0. The van der Waals surface area contributed by atoms with Crippen molar-refractivity contribution in [2.45, 2.75) is 62.4 Å². The first kappa shape index (κ1) is 22.0. The minimum absolute atomic E-state index is 0.0902. The smallest absolute Gasteiger partial charge is 0.191 e. The summed E-state index contributed by atoms with van der Waals surface area (Å²) < 4.78 is 38.6. The summed E-state index contributed by atoms with van der Waals surface area (Å²) in [5.41, 5.74) is 0. The number of benzene rings is 1. The average molecular weight is 425 g/mol. The molecule has 1 aliphatic heterocycles. The first-order valence-electron chi connectivity index (χ1n) is 10.8. The molecule has 0 spiro atoms. The summed E-state index contributed by atoms with van der Waals surface area (Å²) in [7, 11) is -3.70. The second-order valence-corrected chi connectivity index (χ2v) is 9.98. The van der Waals surface area contributed by atoms with Gasteiger partial charge in [-0.1, -0.05) is 25.0 Å². The molecule has 0 atom stereocenters. The predicted molar refractivity (Wildman–Crippen MR) is 114 cm³/mol. The number of piperidine rings is 1. The molecule has 0 aromatic heterocycles. The second-order valence-electron chi connectivity index (χ2n) is 7.90. The van der Waals surface area contributed by atoms with Crippen LogP contribution < -0.4 is 10.6 Å². The molecule has 0 unspecified atom stereocenters. The van der Waals surface area contributed by atoms with Crippen LogP contribution in [0.5, 0.6) is 0 Å². The van der Waals surface area contributed by atoms with Crippen LogP contribution in [0.15, 0.2) is 34.2 Å². The van der Waals surface area contributed by atoms with Crippen LogP contribution >= 0.6 is 0 Å². The molecule has 1 heterocycles. The summed E-state index contributed by atoms with van der Waals surface area (Å²) in [5.74, 6) is -0.295. The van der Waals surface area contributed by atoms with Gasteiger partial charge in [0.2, 0.25) is 0 Å². The van der Waals surface area contributed by atoms with E-state index in [4.69, 9.17) is 0 Å². The average Bonchev–Trinajstić information content (AvgIpc) is 3.23. The molecule has 0 bridgehead atoms. The van der Waals surface area contributed by atoms with Gasteiger partial charge in [-0.05, 0) is 44.7 Å². The van der Waals surface area contributed by atoms with Crippen molar-refractivity contribution in [2.24, 2.45) is 4.99 Å². The van der Waals surface area contributed by atoms with Crippen LogP contribution in [0.2, 0.25) is 0 Å². The van der Waals surface area contributed by atoms with E-state index in [0.717, 1.165) is 32.0 Å². The van der Waals surface area contributed by atoms with Crippen LogP contribution in [0.3, 0.4) is 0 Å². The van der Waals surface area contributed by atoms with E-state index in [1.54, 1.807) is 0 Å². The Morgan fingerprint density at radius 2 is 1.86 bits per heavy atom. The highest BCUT2D eigenvalue weighted by atomic mass is 32.2. The van der Waals surface area contributed by atoms with Crippen LogP contribution in [0.25, 0.3) is 0 Å². The molecule has 6 nitrogen and oxygen atoms in total. The molecule has 162 valence electrons. The number of aliphatic imine (C=N–C) groups is 1. The number of halogens is 1. The Morgan fingerprint density at radius 1 is 1.17 bits per heavy atom. The van der Waals surface area contributed by atoms with Gasteiger partial charge in [0, 0.05) is 31.7 Å². The highest BCUT2D eigenvalue weighted by Gasteiger charge is 2.27. The molecule has 1 saturated heterocycles. The number of likely N-dealkylation sites (tertiary alicyclic amines) is 1. The zero-order chi connectivity index (χ0) is 20.7. The van der Waals surface area contributed by atoms with Crippen LogP contribution in [-0.4, -0.2) is 63.3 Å². The van der Waals surface area contributed by atoms with E-state index in [1.165, 1.54) is 49.9 Å². The predicted octanol–water partition coefficient (Wildman–Crippen LogP) is 2.56. The fourth-order valence-electron chi connectivity index (χ4n) is 4.28. The molecule has 0 radical (unpaired) electrons. The van der Waals surface area contributed by atoms with Crippen LogP contribution in [-0.2, 0) is 9.84 Å². The van der Waals surface area contributed by atoms with Gasteiger partial charge in [0.25, 0.3) is 0 Å². The fourth-order valence-corrected chi connectivity index (χ4v) is 5.48. The number of hydrogen-bond donors (Lipinski definition) is 2. The van der Waals surface area contributed by atoms with Crippen LogP contribution in [0.4, 0.5) is 4.39 Å². The fraction of sp³-hybridized carbons (Fsp3) is 0.667. The third-order valence-corrected chi connectivity index (χ3v) is 7.58. The maximum absolute atomic E-state index is 13.8. The van der Waals surface area contributed by atoms with Gasteiger partial charge < -0.3 is 15.5 Å². The molecule has 1 aromatic rings. The summed E-state index contributed by atoms with van der Waals surface area (Å²) in [6.07, 6.45) is 7.51. The molecule has 2 aliphatic rings. The van der Waals surface area contributed by atoms with E-state index in [0.29, 0.717) is 18.5 Å². The van der Waals surface area contributed by atoms with Crippen molar-refractivity contribution in [2.75, 3.05) is 31.9 Å². The maximum atomic E-state index is 13.8. The topological polar surface area (TPSA) is 73.8 Å². The molecule has 2 fully saturated rings. The van der Waals surface area contributed by atoms with E-state index < -0.39 is 15.7 Å². The zero-order valence-corrected chi connectivity index (χ0v) is 18.1. The van der Waals surface area contributed by atoms with Crippen LogP contribution in [0.1, 0.15) is 45.4 Å². The molecule has 1 aliphatic carbocycles. The summed E-state index contributed by atoms with van der Waals surface area (Å²) in [5, 5.41) is 6.64. The molecule has 1 saturated carbocycles. The van der Waals surface area contributed by atoms with Crippen molar-refractivity contribution in [3.05, 3.63) is 30.1 Å². The summed E-state index contributed by atoms with van der Waals surface area (Å²) in [4.78, 5) is 6.79. The normalized spacial score (nSPS) is 20.1. The van der Waals surface area contributed by atoms with Gasteiger partial charge in [-0.25, -0.2) is 12.8 Å². The van der Waals surface area contributed by atoms with Crippen molar-refractivity contribution in [3.63, 3.8) is 0 Å². The van der Waals surface area contributed by atoms with Gasteiger partial charge in [0.05, 0.1) is 12.3 Å². The van der Waals surface area contributed by atoms with E-state index in [2.05, 4.69) is 20.5 Å². The molecule has 29 heavy (non-hydrogen) atoms. The Bertz CT molecular complexity index is 786. The lowest BCUT2D eigenvalue weighted by Crippen LogP contribution is -2.50. The maximum Gasteiger partial charge on any atom is 0.191 e. The van der Waals surface area contributed by atoms with Crippen molar-refractivity contribution >= 4 is 15.8 Å². The van der Waals surface area contributed by atoms with E-state index in [1.807, 2.05) is 6.92 Å². The summed E-state index contributed by atoms with van der Waals surface area (Å²) in [6, 6.07) is 6.59. The highest BCUT2D eigenvalue weighted by Crippen LogP contribution is 2.26. The first-order valence-corrected chi connectivity index (χ1v) is 12.4. The summed E-state index contributed by atoms with van der Waals surface area (Å²) in [6.45, 7) is 4.97. The summed E-state index contributed by atoms with van der Waals surface area (Å²) >= 11 is 0. The van der Waals surface area contributed by atoms with Crippen molar-refractivity contribution < 1.29 is 12.8 Å². The number of hydrogen-bond acceptors (Lipinski definition) is 4. The van der Waals surface area contributed by atoms with Gasteiger partial charge in [-0.15, -0.1) is 0 Å². The molecular weight excluding hydrogens is 391 g/mol. The largest absolute Gasteiger partial charge is 0.357 e. The van der Waals surface area contributed by atoms with Gasteiger partial charge in [0.1, 0.15) is 10.7 Å². The second kappa shape index (κ2) is 10.4. The Labute approximate surface area is 173 Å². The number of rotatable bonds is 7. The van der Waals surface area contributed by atoms with Gasteiger partial charge in [0.15, 0.2) is 15.8 Å². The van der Waals surface area contributed by atoms with Crippen molar-refractivity contribution in [3.8, 4) is 0 Å². The molecule has 2 N–H and O–H groups in total. The minimum atomic E-state index is -3.70. The molecular formula is C21H33FN4O2S. The van der Waals surface area contributed by atoms with E-state index >= 15 is 0 Å². The number of guanidine groups is 1. The van der Waals surface area contributed by atoms with E-state index in [9.17, 15) is 12.8 Å². The number of sulfone groups is 1. The third-order valence-electron chi connectivity index (χ3n) is 5.86. The van der Waals surface area contributed by atoms with Gasteiger partial charge >= 0.3 is 0 Å². The molecule has 0 amide bonds. The molecule has 8 heteroatoms. The lowest BCUT2D eigenvalue weighted by molar-refractivity contribution is 0.150. The van der Waals surface area contributed by atoms with Crippen LogP contribution in [0, 0.1) is 5.82 Å². The van der Waals surface area contributed by atoms with Crippen molar-refractivity contribution in [1.29, 1.82) is 0 Å². The Kier molecular flexibility index (Phi) is 7.89. The van der Waals surface area contributed by atoms with Crippen molar-refractivity contribution in [1.82, 2.24) is 15.5 Å². The zero-order valence-electron chi connectivity index (χ0n) is 17.2. The number of nitrogens with zero attached hydrogens (tertiary/aromatic N) is 2. The molecule has 3 rings (SSSR count). The Balaban J connectivity index is 1.51. The third kappa shape index (κ3) is 6.15. The lowest BCUT2D eigenvalue weighted by atomic mass is 10.0. The SMILES string of the molecule is CCNC(=NCCS(=O)(=O)c1ccccc1F)NC1CCN(C2CCCC2)CC1. The Morgan fingerprint density at radius 3 is 2.52 bits per heavy atom. The highest BCUT2D eigenvalue weighted by molar-refractivity contribution is 7.91.